The molecule has 288 valence electrons. The number of carbonyl (C=O) groups excluding carboxylic acids is 3. The van der Waals surface area contributed by atoms with Gasteiger partial charge >= 0.3 is 5.97 Å². The SMILES string of the molecule is CC(CCCCNC(=O)COCCOCCNC(=O)CCC(NC(=O)CCCCCCCCCCCCCCCc1nn[nH]n1)C(=O)O)NS. The maximum absolute atomic E-state index is 12.3. The summed E-state index contributed by atoms with van der Waals surface area (Å²) in [4.78, 5) is 47.8. The average Bonchev–Trinajstić information content (AvgIpc) is 3.62. The van der Waals surface area contributed by atoms with Crippen molar-refractivity contribution < 1.29 is 33.8 Å². The highest BCUT2D eigenvalue weighted by Gasteiger charge is 2.20. The first-order chi connectivity index (χ1) is 24.3. The van der Waals surface area contributed by atoms with Crippen molar-refractivity contribution in [2.75, 3.05) is 39.5 Å². The van der Waals surface area contributed by atoms with Crippen LogP contribution in [0.25, 0.3) is 0 Å². The Kier molecular flexibility index (Phi) is 29.0. The number of carbonyl (C=O) groups is 4. The molecule has 6 N–H and O–H groups in total. The summed E-state index contributed by atoms with van der Waals surface area (Å²) in [5.41, 5.74) is 0. The van der Waals surface area contributed by atoms with Crippen LogP contribution in [0.15, 0.2) is 0 Å². The van der Waals surface area contributed by atoms with Crippen molar-refractivity contribution in [3.05, 3.63) is 5.82 Å². The molecule has 1 rings (SSSR count). The largest absolute Gasteiger partial charge is 0.480 e. The summed E-state index contributed by atoms with van der Waals surface area (Å²) in [6.07, 6.45) is 19.0. The van der Waals surface area contributed by atoms with Gasteiger partial charge in [0.2, 0.25) is 17.7 Å². The van der Waals surface area contributed by atoms with E-state index < -0.39 is 12.0 Å². The van der Waals surface area contributed by atoms with E-state index in [4.69, 9.17) is 9.47 Å². The fourth-order valence-corrected chi connectivity index (χ4v) is 5.38. The van der Waals surface area contributed by atoms with Crippen molar-refractivity contribution in [2.45, 2.75) is 147 Å². The van der Waals surface area contributed by atoms with Crippen LogP contribution in [0.4, 0.5) is 0 Å². The van der Waals surface area contributed by atoms with Crippen molar-refractivity contribution in [3.8, 4) is 0 Å². The first-order valence-corrected chi connectivity index (χ1v) is 19.1. The number of aromatic nitrogens is 4. The third-order valence-corrected chi connectivity index (χ3v) is 8.71. The van der Waals surface area contributed by atoms with Crippen LogP contribution in [-0.4, -0.2) is 101 Å². The maximum atomic E-state index is 12.3. The number of H-pyrrole nitrogens is 1. The molecule has 0 fully saturated rings. The molecule has 0 spiro atoms. The molecule has 2 unspecified atom stereocenters. The van der Waals surface area contributed by atoms with Gasteiger partial charge < -0.3 is 30.5 Å². The minimum atomic E-state index is -1.15. The smallest absolute Gasteiger partial charge is 0.326 e. The number of carboxylic acid groups (broad SMARTS) is 1. The van der Waals surface area contributed by atoms with E-state index in [1.54, 1.807) is 0 Å². The van der Waals surface area contributed by atoms with E-state index >= 15 is 0 Å². The predicted octanol–water partition coefficient (Wildman–Crippen LogP) is 3.81. The van der Waals surface area contributed by atoms with Crippen LogP contribution in [0.3, 0.4) is 0 Å². The fraction of sp³-hybridized carbons (Fsp3) is 0.853. The Morgan fingerprint density at radius 3 is 1.96 bits per heavy atom. The standard InChI is InChI=1S/C34H64N8O7S/c1-28(40-50)17-15-16-22-35-33(45)27-49-26-25-48-24-23-36-31(43)21-20-29(34(46)47)37-32(44)19-14-12-10-8-6-4-2-3-5-7-9-11-13-18-30-38-41-42-39-30/h28-29,40,50H,2-27H2,1H3,(H,35,45)(H,36,43)(H,37,44)(H,46,47)(H,38,39,41,42). The van der Waals surface area contributed by atoms with Crippen LogP contribution in [0.2, 0.25) is 0 Å². The van der Waals surface area contributed by atoms with Gasteiger partial charge in [0.25, 0.3) is 0 Å². The maximum Gasteiger partial charge on any atom is 0.326 e. The molecule has 0 aliphatic heterocycles. The predicted molar refractivity (Wildman–Crippen MR) is 194 cm³/mol. The minimum absolute atomic E-state index is 0.0111. The highest BCUT2D eigenvalue weighted by atomic mass is 32.1. The van der Waals surface area contributed by atoms with Crippen LogP contribution in [0.5, 0.6) is 0 Å². The summed E-state index contributed by atoms with van der Waals surface area (Å²) in [5, 5.41) is 31.5. The van der Waals surface area contributed by atoms with Gasteiger partial charge in [0.05, 0.1) is 19.8 Å². The quantitative estimate of drug-likeness (QED) is 0.0395. The van der Waals surface area contributed by atoms with Gasteiger partial charge in [0.15, 0.2) is 5.82 Å². The van der Waals surface area contributed by atoms with Gasteiger partial charge in [-0.2, -0.15) is 5.21 Å². The Balaban J connectivity index is 1.91. The topological polar surface area (TPSA) is 210 Å². The Hall–Kier alpha value is -2.82. The summed E-state index contributed by atoms with van der Waals surface area (Å²) in [5.74, 6) is -1.14. The summed E-state index contributed by atoms with van der Waals surface area (Å²) in [7, 11) is 0. The van der Waals surface area contributed by atoms with Crippen molar-refractivity contribution in [1.29, 1.82) is 0 Å². The number of amides is 3. The number of rotatable bonds is 35. The highest BCUT2D eigenvalue weighted by Crippen LogP contribution is 2.13. The summed E-state index contributed by atoms with van der Waals surface area (Å²) in [6, 6.07) is -0.766. The first-order valence-electron chi connectivity index (χ1n) is 18.6. The van der Waals surface area contributed by atoms with Crippen LogP contribution >= 0.6 is 12.8 Å². The third kappa shape index (κ3) is 27.9. The van der Waals surface area contributed by atoms with E-state index in [0.29, 0.717) is 12.6 Å². The van der Waals surface area contributed by atoms with E-state index in [-0.39, 0.29) is 70.0 Å². The number of carboxylic acids is 1. The molecule has 1 heterocycles. The van der Waals surface area contributed by atoms with Crippen LogP contribution < -0.4 is 20.7 Å². The Labute approximate surface area is 303 Å². The average molecular weight is 729 g/mol. The number of aliphatic carboxylic acids is 1. The molecule has 0 saturated heterocycles. The summed E-state index contributed by atoms with van der Waals surface area (Å²) < 4.78 is 13.6. The molecular weight excluding hydrogens is 664 g/mol. The number of thiol groups is 1. The Morgan fingerprint density at radius 2 is 1.34 bits per heavy atom. The Morgan fingerprint density at radius 1 is 0.720 bits per heavy atom. The number of unbranched alkanes of at least 4 members (excludes halogenated alkanes) is 13. The van der Waals surface area contributed by atoms with E-state index in [2.05, 4.69) is 61.0 Å². The zero-order valence-corrected chi connectivity index (χ0v) is 31.1. The van der Waals surface area contributed by atoms with Crippen molar-refractivity contribution >= 4 is 36.5 Å². The molecule has 0 saturated carbocycles. The third-order valence-electron chi connectivity index (χ3n) is 8.27. The van der Waals surface area contributed by atoms with Gasteiger partial charge in [-0.15, -0.1) is 10.2 Å². The number of tetrazole rings is 1. The zero-order valence-electron chi connectivity index (χ0n) is 30.2. The number of nitrogens with one attached hydrogen (secondary N) is 5. The lowest BCUT2D eigenvalue weighted by Gasteiger charge is -2.14. The molecule has 16 heteroatoms. The molecule has 1 aromatic heterocycles. The molecule has 0 aliphatic rings. The van der Waals surface area contributed by atoms with Crippen molar-refractivity contribution in [2.24, 2.45) is 0 Å². The number of ether oxygens (including phenoxy) is 2. The Bertz CT molecular complexity index is 1010. The number of hydrogen-bond donors (Lipinski definition) is 7. The number of nitrogens with zero attached hydrogens (tertiary/aromatic N) is 3. The molecule has 1 aromatic rings. The monoisotopic (exact) mass is 728 g/mol. The lowest BCUT2D eigenvalue weighted by molar-refractivity contribution is -0.142. The van der Waals surface area contributed by atoms with E-state index in [9.17, 15) is 24.3 Å². The van der Waals surface area contributed by atoms with Crippen molar-refractivity contribution in [1.82, 2.24) is 41.3 Å². The van der Waals surface area contributed by atoms with Crippen molar-refractivity contribution in [3.63, 3.8) is 0 Å². The number of aryl methyl sites for hydroxylation is 1. The highest BCUT2D eigenvalue weighted by molar-refractivity contribution is 7.78. The number of hydrogen-bond acceptors (Lipinski definition) is 11. The minimum Gasteiger partial charge on any atom is -0.480 e. The lowest BCUT2D eigenvalue weighted by atomic mass is 10.0. The molecule has 0 radical (unpaired) electrons. The van der Waals surface area contributed by atoms with Gasteiger partial charge in [-0.25, -0.2) is 4.79 Å². The molecular formula is C34H64N8O7S. The second kappa shape index (κ2) is 32.1. The van der Waals surface area contributed by atoms with Gasteiger partial charge in [-0.1, -0.05) is 95.1 Å². The van der Waals surface area contributed by atoms with Crippen LogP contribution in [0, 0.1) is 0 Å². The fourth-order valence-electron chi connectivity index (χ4n) is 5.26. The van der Waals surface area contributed by atoms with Crippen LogP contribution in [-0.2, 0) is 35.1 Å². The number of aromatic amines is 1. The molecule has 0 aliphatic carbocycles. The zero-order chi connectivity index (χ0) is 36.5. The molecule has 0 bridgehead atoms. The van der Waals surface area contributed by atoms with E-state index in [1.807, 2.05) is 0 Å². The molecule has 50 heavy (non-hydrogen) atoms. The molecule has 3 amide bonds. The van der Waals surface area contributed by atoms with Gasteiger partial charge in [0, 0.05) is 38.4 Å². The second-order valence-corrected chi connectivity index (χ2v) is 13.1. The molecule has 15 nitrogen and oxygen atoms in total. The second-order valence-electron chi connectivity index (χ2n) is 12.8. The lowest BCUT2D eigenvalue weighted by Crippen LogP contribution is -2.41. The molecule has 0 aromatic carbocycles. The van der Waals surface area contributed by atoms with Gasteiger partial charge in [-0.05, 0) is 39.0 Å². The van der Waals surface area contributed by atoms with Gasteiger partial charge in [-0.3, -0.25) is 19.1 Å². The summed E-state index contributed by atoms with van der Waals surface area (Å²) >= 11 is 4.02. The normalized spacial score (nSPS) is 12.4. The van der Waals surface area contributed by atoms with E-state index in [1.165, 1.54) is 51.4 Å². The van der Waals surface area contributed by atoms with Crippen LogP contribution in [0.1, 0.15) is 135 Å². The first kappa shape index (κ1) is 45.2. The van der Waals surface area contributed by atoms with Gasteiger partial charge in [0.1, 0.15) is 12.6 Å². The van der Waals surface area contributed by atoms with E-state index in [0.717, 1.165) is 63.6 Å². The summed E-state index contributed by atoms with van der Waals surface area (Å²) in [6.45, 7) is 3.66. The molecule has 2 atom stereocenters.